The average Bonchev–Trinajstić information content (AvgIpc) is 2.35. The van der Waals surface area contributed by atoms with E-state index in [4.69, 9.17) is 10.2 Å². The van der Waals surface area contributed by atoms with Crippen LogP contribution in [0.25, 0.3) is 6.08 Å². The average molecular weight is 313 g/mol. The summed E-state index contributed by atoms with van der Waals surface area (Å²) in [7, 11) is 0. The first kappa shape index (κ1) is 14.6. The van der Waals surface area contributed by atoms with Crippen LogP contribution in [0.15, 0.2) is 24.3 Å². The van der Waals surface area contributed by atoms with Gasteiger partial charge in [0.15, 0.2) is 5.78 Å². The first-order valence-corrected chi connectivity index (χ1v) is 6.20. The summed E-state index contributed by atoms with van der Waals surface area (Å²) >= 11 is 3.18. The maximum absolute atomic E-state index is 12.0. The Morgan fingerprint density at radius 1 is 1.44 bits per heavy atom. The van der Waals surface area contributed by atoms with Gasteiger partial charge in [-0.25, -0.2) is 4.79 Å². The second-order valence-electron chi connectivity index (χ2n) is 3.73. The fourth-order valence-corrected chi connectivity index (χ4v) is 1.68. The number of benzene rings is 1. The molecule has 1 atom stereocenters. The van der Waals surface area contributed by atoms with E-state index in [1.54, 1.807) is 25.1 Å². The lowest BCUT2D eigenvalue weighted by Crippen LogP contribution is -2.12. The molecule has 0 heterocycles. The van der Waals surface area contributed by atoms with E-state index in [1.165, 1.54) is 6.08 Å². The maximum Gasteiger partial charge on any atom is 0.328 e. The summed E-state index contributed by atoms with van der Waals surface area (Å²) in [5.41, 5.74) is 1.52. The van der Waals surface area contributed by atoms with Crippen molar-refractivity contribution in [2.24, 2.45) is 0 Å². The highest BCUT2D eigenvalue weighted by molar-refractivity contribution is 9.10. The minimum absolute atomic E-state index is 0.157. The van der Waals surface area contributed by atoms with Crippen molar-refractivity contribution >= 4 is 33.8 Å². The number of carboxylic acid groups (broad SMARTS) is 1. The van der Waals surface area contributed by atoms with Crippen LogP contribution in [0.3, 0.4) is 0 Å². The number of aliphatic hydroxyl groups is 1. The van der Waals surface area contributed by atoms with Crippen LogP contribution in [0, 0.1) is 0 Å². The number of hydrogen-bond donors (Lipinski definition) is 2. The molecule has 0 aromatic heterocycles. The molecule has 1 unspecified atom stereocenters. The quantitative estimate of drug-likeness (QED) is 0.497. The van der Waals surface area contributed by atoms with E-state index < -0.39 is 5.97 Å². The van der Waals surface area contributed by atoms with Crippen molar-refractivity contribution in [3.8, 4) is 0 Å². The van der Waals surface area contributed by atoms with Crippen molar-refractivity contribution in [3.63, 3.8) is 0 Å². The van der Waals surface area contributed by atoms with Crippen LogP contribution >= 0.6 is 15.9 Å². The van der Waals surface area contributed by atoms with Gasteiger partial charge in [0.2, 0.25) is 0 Å². The summed E-state index contributed by atoms with van der Waals surface area (Å²) in [4.78, 5) is 22.1. The van der Waals surface area contributed by atoms with E-state index in [-0.39, 0.29) is 17.2 Å². The first-order valence-electron chi connectivity index (χ1n) is 5.28. The Labute approximate surface area is 113 Å². The molecule has 96 valence electrons. The predicted octanol–water partition coefficient (Wildman–Crippen LogP) is 2.24. The van der Waals surface area contributed by atoms with Crippen molar-refractivity contribution in [1.82, 2.24) is 0 Å². The number of halogens is 1. The molecule has 0 bridgehead atoms. The fourth-order valence-electron chi connectivity index (χ4n) is 1.44. The zero-order valence-corrected chi connectivity index (χ0v) is 11.3. The summed E-state index contributed by atoms with van der Waals surface area (Å²) in [6, 6.07) is 4.84. The molecule has 18 heavy (non-hydrogen) atoms. The zero-order chi connectivity index (χ0) is 13.7. The summed E-state index contributed by atoms with van der Waals surface area (Å²) in [5.74, 6) is -1.23. The number of carbonyl (C=O) groups is 2. The van der Waals surface area contributed by atoms with Crippen molar-refractivity contribution in [1.29, 1.82) is 0 Å². The Morgan fingerprint density at radius 2 is 2.11 bits per heavy atom. The van der Waals surface area contributed by atoms with Crippen LogP contribution in [-0.2, 0) is 11.4 Å². The summed E-state index contributed by atoms with van der Waals surface area (Å²) < 4.78 is 0. The van der Waals surface area contributed by atoms with Gasteiger partial charge in [0, 0.05) is 11.6 Å². The highest BCUT2D eigenvalue weighted by Crippen LogP contribution is 2.18. The van der Waals surface area contributed by atoms with Crippen LogP contribution in [0.4, 0.5) is 0 Å². The highest BCUT2D eigenvalue weighted by atomic mass is 79.9. The number of aliphatic hydroxyl groups excluding tert-OH is 1. The first-order chi connectivity index (χ1) is 8.45. The second kappa shape index (κ2) is 6.47. The molecule has 0 amide bonds. The van der Waals surface area contributed by atoms with Gasteiger partial charge < -0.3 is 10.2 Å². The van der Waals surface area contributed by atoms with E-state index in [1.807, 2.05) is 0 Å². The van der Waals surface area contributed by atoms with Crippen molar-refractivity contribution < 1.29 is 19.8 Å². The lowest BCUT2D eigenvalue weighted by Gasteiger charge is -2.08. The number of hydrogen-bond acceptors (Lipinski definition) is 3. The molecule has 1 aromatic rings. The van der Waals surface area contributed by atoms with E-state index in [0.29, 0.717) is 16.7 Å². The van der Waals surface area contributed by atoms with Crippen molar-refractivity contribution in [2.45, 2.75) is 18.4 Å². The summed E-state index contributed by atoms with van der Waals surface area (Å²) in [5, 5.41) is 17.6. The van der Waals surface area contributed by atoms with Crippen molar-refractivity contribution in [2.75, 3.05) is 0 Å². The number of carbonyl (C=O) groups excluding carboxylic acids is 1. The van der Waals surface area contributed by atoms with Gasteiger partial charge in [-0.2, -0.15) is 0 Å². The third-order valence-electron chi connectivity index (χ3n) is 2.33. The minimum atomic E-state index is -1.08. The maximum atomic E-state index is 12.0. The van der Waals surface area contributed by atoms with E-state index in [2.05, 4.69) is 15.9 Å². The Bertz CT molecular complexity index is 492. The van der Waals surface area contributed by atoms with Gasteiger partial charge in [-0.05, 0) is 30.2 Å². The summed E-state index contributed by atoms with van der Waals surface area (Å²) in [6.07, 6.45) is 2.34. The molecule has 2 N–H and O–H groups in total. The van der Waals surface area contributed by atoms with Gasteiger partial charge in [0.25, 0.3) is 0 Å². The number of rotatable bonds is 5. The molecule has 0 saturated heterocycles. The predicted molar refractivity (Wildman–Crippen MR) is 71.8 cm³/mol. The zero-order valence-electron chi connectivity index (χ0n) is 9.76. The number of ketones is 1. The van der Waals surface area contributed by atoms with E-state index in [0.717, 1.165) is 6.08 Å². The minimum Gasteiger partial charge on any atom is -0.478 e. The monoisotopic (exact) mass is 312 g/mol. The molecule has 4 nitrogen and oxygen atoms in total. The van der Waals surface area contributed by atoms with Crippen LogP contribution in [0.5, 0.6) is 0 Å². The van der Waals surface area contributed by atoms with Crippen LogP contribution in [-0.4, -0.2) is 26.8 Å². The van der Waals surface area contributed by atoms with Crippen molar-refractivity contribution in [3.05, 3.63) is 41.0 Å². The van der Waals surface area contributed by atoms with Crippen LogP contribution < -0.4 is 0 Å². The third kappa shape index (κ3) is 3.78. The Kier molecular flexibility index (Phi) is 5.25. The smallest absolute Gasteiger partial charge is 0.328 e. The molecule has 0 aliphatic heterocycles. The number of Topliss-reactive ketones (excluding diaryl/α,β-unsaturated/α-hetero) is 1. The molecular formula is C13H13BrO4. The van der Waals surface area contributed by atoms with Gasteiger partial charge in [-0.15, -0.1) is 0 Å². The highest BCUT2D eigenvalue weighted by Gasteiger charge is 2.15. The van der Waals surface area contributed by atoms with Gasteiger partial charge in [-0.1, -0.05) is 28.1 Å². The van der Waals surface area contributed by atoms with Gasteiger partial charge >= 0.3 is 5.97 Å². The second-order valence-corrected chi connectivity index (χ2v) is 5.11. The van der Waals surface area contributed by atoms with Crippen LogP contribution in [0.1, 0.15) is 28.4 Å². The molecule has 5 heteroatoms. The molecule has 0 fully saturated rings. The SMILES string of the molecule is CC(Br)C(=O)c1cc(CO)ccc1C=CC(=O)O. The van der Waals surface area contributed by atoms with Gasteiger partial charge in [0.1, 0.15) is 0 Å². The van der Waals surface area contributed by atoms with Gasteiger partial charge in [-0.3, -0.25) is 4.79 Å². The van der Waals surface area contributed by atoms with E-state index >= 15 is 0 Å². The van der Waals surface area contributed by atoms with Gasteiger partial charge in [0.05, 0.1) is 11.4 Å². The molecule has 1 rings (SSSR count). The normalized spacial score (nSPS) is 12.6. The molecule has 0 saturated carbocycles. The summed E-state index contributed by atoms with van der Waals surface area (Å²) in [6.45, 7) is 1.53. The molecule has 0 aliphatic carbocycles. The third-order valence-corrected chi connectivity index (χ3v) is 2.75. The lowest BCUT2D eigenvalue weighted by atomic mass is 9.99. The van der Waals surface area contributed by atoms with E-state index in [9.17, 15) is 9.59 Å². The largest absolute Gasteiger partial charge is 0.478 e. The number of aliphatic carboxylic acids is 1. The Balaban J connectivity index is 3.24. The number of carboxylic acids is 1. The number of alkyl halides is 1. The lowest BCUT2D eigenvalue weighted by molar-refractivity contribution is -0.131. The molecule has 0 aliphatic rings. The topological polar surface area (TPSA) is 74.6 Å². The molecular weight excluding hydrogens is 300 g/mol. The molecule has 0 radical (unpaired) electrons. The Morgan fingerprint density at radius 3 is 2.61 bits per heavy atom. The Hall–Kier alpha value is -1.46. The van der Waals surface area contributed by atoms with Crippen LogP contribution in [0.2, 0.25) is 0 Å². The standard InChI is InChI=1S/C13H13BrO4/c1-8(14)13(18)11-6-9(7-15)2-3-10(11)4-5-12(16)17/h2-6,8,15H,7H2,1H3,(H,16,17). The molecule has 1 aromatic carbocycles. The molecule has 0 spiro atoms. The fraction of sp³-hybridized carbons (Fsp3) is 0.231.